The van der Waals surface area contributed by atoms with Crippen molar-refractivity contribution in [3.63, 3.8) is 0 Å². The molecule has 94 valence electrons. The molecule has 0 aromatic carbocycles. The van der Waals surface area contributed by atoms with Gasteiger partial charge in [-0.05, 0) is 6.42 Å². The summed E-state index contributed by atoms with van der Waals surface area (Å²) >= 11 is 0. The standard InChI is InChI=1S/C10H18N2O3.ClH/c1-12(8-2-4-14-7-8)10(13)9-6-11-3-5-15-9;/h8-9,11H,2-7H2,1H3;1H. The van der Waals surface area contributed by atoms with E-state index in [2.05, 4.69) is 5.32 Å². The highest BCUT2D eigenvalue weighted by molar-refractivity contribution is 5.85. The number of hydrogen-bond donors (Lipinski definition) is 1. The van der Waals surface area contributed by atoms with E-state index in [0.29, 0.717) is 19.8 Å². The monoisotopic (exact) mass is 250 g/mol. The lowest BCUT2D eigenvalue weighted by Crippen LogP contribution is -2.51. The Morgan fingerprint density at radius 2 is 2.25 bits per heavy atom. The maximum atomic E-state index is 12.0. The van der Waals surface area contributed by atoms with Gasteiger partial charge in [0.25, 0.3) is 5.91 Å². The van der Waals surface area contributed by atoms with Crippen molar-refractivity contribution >= 4 is 18.3 Å². The predicted molar refractivity (Wildman–Crippen MR) is 61.9 cm³/mol. The maximum Gasteiger partial charge on any atom is 0.253 e. The van der Waals surface area contributed by atoms with Gasteiger partial charge in [-0.25, -0.2) is 0 Å². The summed E-state index contributed by atoms with van der Waals surface area (Å²) in [7, 11) is 1.83. The molecule has 2 rings (SSSR count). The van der Waals surface area contributed by atoms with Crippen molar-refractivity contribution in [2.45, 2.75) is 18.6 Å². The quantitative estimate of drug-likeness (QED) is 0.728. The third-order valence-corrected chi connectivity index (χ3v) is 3.00. The first kappa shape index (κ1) is 13.7. The minimum Gasteiger partial charge on any atom is -0.379 e. The Bertz CT molecular complexity index is 228. The number of nitrogens with one attached hydrogen (secondary N) is 1. The SMILES string of the molecule is CN(C(=O)C1CNCCO1)C1CCOC1.Cl. The number of amides is 1. The van der Waals surface area contributed by atoms with Gasteiger partial charge < -0.3 is 19.7 Å². The van der Waals surface area contributed by atoms with Crippen molar-refractivity contribution in [1.29, 1.82) is 0 Å². The lowest BCUT2D eigenvalue weighted by atomic mass is 10.2. The van der Waals surface area contributed by atoms with Crippen molar-refractivity contribution in [3.8, 4) is 0 Å². The molecule has 1 N–H and O–H groups in total. The molecular weight excluding hydrogens is 232 g/mol. The van der Waals surface area contributed by atoms with Crippen LogP contribution in [-0.4, -0.2) is 62.9 Å². The molecule has 0 spiro atoms. The second-order valence-corrected chi connectivity index (χ2v) is 4.03. The number of likely N-dealkylation sites (N-methyl/N-ethyl adjacent to an activating group) is 1. The first-order valence-corrected chi connectivity index (χ1v) is 5.46. The van der Waals surface area contributed by atoms with Gasteiger partial charge in [-0.15, -0.1) is 12.4 Å². The summed E-state index contributed by atoms with van der Waals surface area (Å²) in [5, 5.41) is 3.16. The molecule has 0 saturated carbocycles. The lowest BCUT2D eigenvalue weighted by Gasteiger charge is -2.30. The number of carbonyl (C=O) groups excluding carboxylic acids is 1. The number of hydrogen-bond acceptors (Lipinski definition) is 4. The third-order valence-electron chi connectivity index (χ3n) is 3.00. The molecule has 2 aliphatic rings. The van der Waals surface area contributed by atoms with Crippen LogP contribution in [-0.2, 0) is 14.3 Å². The van der Waals surface area contributed by atoms with Crippen LogP contribution in [0.3, 0.4) is 0 Å². The molecule has 2 unspecified atom stereocenters. The summed E-state index contributed by atoms with van der Waals surface area (Å²) in [5.74, 6) is 0.0673. The molecular formula is C10H19ClN2O3. The molecule has 5 nitrogen and oxygen atoms in total. The van der Waals surface area contributed by atoms with E-state index < -0.39 is 0 Å². The predicted octanol–water partition coefficient (Wildman–Crippen LogP) is -0.356. The van der Waals surface area contributed by atoms with Gasteiger partial charge in [-0.3, -0.25) is 4.79 Å². The van der Waals surface area contributed by atoms with E-state index in [1.807, 2.05) is 7.05 Å². The summed E-state index contributed by atoms with van der Waals surface area (Å²) in [4.78, 5) is 13.8. The molecule has 2 heterocycles. The average molecular weight is 251 g/mol. The molecule has 16 heavy (non-hydrogen) atoms. The van der Waals surface area contributed by atoms with Crippen LogP contribution in [0.15, 0.2) is 0 Å². The summed E-state index contributed by atoms with van der Waals surface area (Å²) in [6.07, 6.45) is 0.618. The van der Waals surface area contributed by atoms with Gasteiger partial charge in [-0.2, -0.15) is 0 Å². The zero-order valence-corrected chi connectivity index (χ0v) is 10.3. The highest BCUT2D eigenvalue weighted by atomic mass is 35.5. The van der Waals surface area contributed by atoms with Gasteiger partial charge in [0.1, 0.15) is 6.10 Å². The summed E-state index contributed by atoms with van der Waals surface area (Å²) < 4.78 is 10.7. The summed E-state index contributed by atoms with van der Waals surface area (Å²) in [5.41, 5.74) is 0. The van der Waals surface area contributed by atoms with Crippen LogP contribution in [0.1, 0.15) is 6.42 Å². The molecule has 2 saturated heterocycles. The molecule has 2 aliphatic heterocycles. The molecule has 0 aliphatic carbocycles. The highest BCUT2D eigenvalue weighted by Gasteiger charge is 2.30. The Labute approximate surface area is 102 Å². The zero-order chi connectivity index (χ0) is 10.7. The Morgan fingerprint density at radius 3 is 2.81 bits per heavy atom. The molecule has 2 atom stereocenters. The van der Waals surface area contributed by atoms with E-state index in [0.717, 1.165) is 19.6 Å². The number of morpholine rings is 1. The van der Waals surface area contributed by atoms with Crippen LogP contribution < -0.4 is 5.32 Å². The Morgan fingerprint density at radius 1 is 1.44 bits per heavy atom. The molecule has 0 aromatic heterocycles. The van der Waals surface area contributed by atoms with Crippen LogP contribution in [0.4, 0.5) is 0 Å². The van der Waals surface area contributed by atoms with Crippen LogP contribution >= 0.6 is 12.4 Å². The second kappa shape index (κ2) is 6.39. The molecule has 0 aromatic rings. The number of ether oxygens (including phenoxy) is 2. The van der Waals surface area contributed by atoms with Crippen LogP contribution in [0.2, 0.25) is 0 Å². The molecule has 6 heteroatoms. The minimum absolute atomic E-state index is 0. The van der Waals surface area contributed by atoms with Crippen LogP contribution in [0.5, 0.6) is 0 Å². The number of rotatable bonds is 2. The fourth-order valence-corrected chi connectivity index (χ4v) is 1.96. The normalized spacial score (nSPS) is 29.6. The largest absolute Gasteiger partial charge is 0.379 e. The fourth-order valence-electron chi connectivity index (χ4n) is 1.96. The first-order valence-electron chi connectivity index (χ1n) is 5.46. The van der Waals surface area contributed by atoms with Gasteiger partial charge in [0, 0.05) is 26.7 Å². The highest BCUT2D eigenvalue weighted by Crippen LogP contribution is 2.13. The number of carbonyl (C=O) groups is 1. The van der Waals surface area contributed by atoms with Gasteiger partial charge in [0.15, 0.2) is 0 Å². The number of nitrogens with zero attached hydrogens (tertiary/aromatic N) is 1. The fraction of sp³-hybridized carbons (Fsp3) is 0.900. The topological polar surface area (TPSA) is 50.8 Å². The molecule has 0 bridgehead atoms. The summed E-state index contributed by atoms with van der Waals surface area (Å²) in [6, 6.07) is 0.225. The van der Waals surface area contributed by atoms with E-state index in [4.69, 9.17) is 9.47 Å². The van der Waals surface area contributed by atoms with E-state index in [1.165, 1.54) is 0 Å². The van der Waals surface area contributed by atoms with Gasteiger partial charge in [0.05, 0.1) is 19.3 Å². The van der Waals surface area contributed by atoms with Crippen LogP contribution in [0.25, 0.3) is 0 Å². The van der Waals surface area contributed by atoms with Crippen LogP contribution in [0, 0.1) is 0 Å². The van der Waals surface area contributed by atoms with E-state index >= 15 is 0 Å². The van der Waals surface area contributed by atoms with Gasteiger partial charge in [-0.1, -0.05) is 0 Å². The average Bonchev–Trinajstić information content (AvgIpc) is 2.82. The number of halogens is 1. The Hall–Kier alpha value is -0.360. The van der Waals surface area contributed by atoms with E-state index in [1.54, 1.807) is 4.90 Å². The van der Waals surface area contributed by atoms with Gasteiger partial charge in [0.2, 0.25) is 0 Å². The van der Waals surface area contributed by atoms with Crippen molar-refractivity contribution in [2.24, 2.45) is 0 Å². The van der Waals surface area contributed by atoms with Crippen molar-refractivity contribution in [1.82, 2.24) is 10.2 Å². The second-order valence-electron chi connectivity index (χ2n) is 4.03. The third kappa shape index (κ3) is 3.07. The van der Waals surface area contributed by atoms with E-state index in [-0.39, 0.29) is 30.5 Å². The molecule has 1 amide bonds. The van der Waals surface area contributed by atoms with Crippen molar-refractivity contribution in [3.05, 3.63) is 0 Å². The lowest BCUT2D eigenvalue weighted by molar-refractivity contribution is -0.146. The van der Waals surface area contributed by atoms with Gasteiger partial charge >= 0.3 is 0 Å². The van der Waals surface area contributed by atoms with E-state index in [9.17, 15) is 4.79 Å². The molecule has 0 radical (unpaired) electrons. The Balaban J connectivity index is 0.00000128. The zero-order valence-electron chi connectivity index (χ0n) is 9.48. The summed E-state index contributed by atoms with van der Waals surface area (Å²) in [6.45, 7) is 3.48. The Kier molecular flexibility index (Phi) is 5.48. The van der Waals surface area contributed by atoms with Crippen molar-refractivity contribution in [2.75, 3.05) is 40.0 Å². The van der Waals surface area contributed by atoms with Crippen molar-refractivity contribution < 1.29 is 14.3 Å². The smallest absolute Gasteiger partial charge is 0.253 e. The first-order chi connectivity index (χ1) is 7.29. The maximum absolute atomic E-state index is 12.0. The minimum atomic E-state index is -0.315. The molecule has 2 fully saturated rings.